The molecule has 0 radical (unpaired) electrons. The maximum absolute atomic E-state index is 13.2. The van der Waals surface area contributed by atoms with E-state index in [9.17, 15) is 13.2 Å². The van der Waals surface area contributed by atoms with Crippen LogP contribution in [0.25, 0.3) is 0 Å². The van der Waals surface area contributed by atoms with Gasteiger partial charge in [0.2, 0.25) is 0 Å². The third kappa shape index (κ3) is 3.00. The first-order valence-corrected chi connectivity index (χ1v) is 8.19. The Labute approximate surface area is 105 Å². The van der Waals surface area contributed by atoms with E-state index < -0.39 is 24.0 Å². The van der Waals surface area contributed by atoms with E-state index in [-0.39, 0.29) is 0 Å². The van der Waals surface area contributed by atoms with Crippen molar-refractivity contribution in [1.29, 1.82) is 0 Å². The van der Waals surface area contributed by atoms with Crippen LogP contribution in [-0.2, 0) is 0 Å². The van der Waals surface area contributed by atoms with Crippen LogP contribution in [0, 0.1) is 7.14 Å². The first kappa shape index (κ1) is 12.4. The van der Waals surface area contributed by atoms with Gasteiger partial charge in [-0.15, -0.1) is 0 Å². The molecule has 0 atom stereocenters. The molecule has 0 nitrogen and oxygen atoms in total. The van der Waals surface area contributed by atoms with E-state index in [1.54, 1.807) is 60.7 Å². The molecule has 0 amide bonds. The van der Waals surface area contributed by atoms with Crippen LogP contribution in [0.4, 0.5) is 13.2 Å². The molecule has 0 heterocycles. The third-order valence-corrected chi connectivity index (χ3v) is 7.27. The van der Waals surface area contributed by atoms with Crippen molar-refractivity contribution < 1.29 is 13.2 Å². The number of hydrogen-bond donors (Lipinski definition) is 0. The summed E-state index contributed by atoms with van der Waals surface area (Å²) >= 11 is -3.34. The van der Waals surface area contributed by atoms with E-state index in [0.29, 0.717) is 7.14 Å². The van der Waals surface area contributed by atoms with Gasteiger partial charge in [0.15, 0.2) is 0 Å². The molecule has 4 heteroatoms. The normalized spacial score (nSPS) is 12.3. The van der Waals surface area contributed by atoms with Crippen molar-refractivity contribution in [2.75, 3.05) is 0 Å². The fourth-order valence-electron chi connectivity index (χ4n) is 1.45. The van der Waals surface area contributed by atoms with Crippen LogP contribution >= 0.6 is 19.8 Å². The number of rotatable bonds is 2. The molecule has 0 saturated heterocycles. The van der Waals surface area contributed by atoms with Crippen LogP contribution < -0.4 is 0 Å². The first-order valence-electron chi connectivity index (χ1n) is 4.96. The average Bonchev–Trinajstić information content (AvgIpc) is 2.30. The Kier molecular flexibility index (Phi) is 3.71. The number of benzene rings is 2. The standard InChI is InChI=1S/C13H10F3I/c14-13(15,16)17(11-7-3-1-4-8-11)12-9-5-2-6-10-12/h1-10H. The summed E-state index contributed by atoms with van der Waals surface area (Å²) in [6.07, 6.45) is 0. The number of alkyl halides is 4. The van der Waals surface area contributed by atoms with Crippen LogP contribution in [-0.4, -0.2) is 4.18 Å². The summed E-state index contributed by atoms with van der Waals surface area (Å²) in [5.74, 6) is 0. The second-order valence-electron chi connectivity index (χ2n) is 3.30. The van der Waals surface area contributed by atoms with Crippen LogP contribution in [0.5, 0.6) is 0 Å². The van der Waals surface area contributed by atoms with Gasteiger partial charge in [-0.25, -0.2) is 0 Å². The molecule has 2 aromatic carbocycles. The van der Waals surface area contributed by atoms with E-state index in [2.05, 4.69) is 0 Å². The van der Waals surface area contributed by atoms with Crippen molar-refractivity contribution >= 4 is 19.8 Å². The van der Waals surface area contributed by atoms with Gasteiger partial charge in [-0.3, -0.25) is 0 Å². The second kappa shape index (κ2) is 5.08. The molecular weight excluding hydrogens is 340 g/mol. The van der Waals surface area contributed by atoms with Crippen LogP contribution in [0.1, 0.15) is 0 Å². The van der Waals surface area contributed by atoms with Gasteiger partial charge >= 0.3 is 105 Å². The van der Waals surface area contributed by atoms with Gasteiger partial charge in [0.05, 0.1) is 0 Å². The molecule has 0 fully saturated rings. The van der Waals surface area contributed by atoms with E-state index in [1.165, 1.54) is 0 Å². The molecule has 0 aromatic heterocycles. The molecule has 17 heavy (non-hydrogen) atoms. The Bertz CT molecular complexity index is 426. The zero-order valence-corrected chi connectivity index (χ0v) is 10.9. The Morgan fingerprint density at radius 1 is 0.647 bits per heavy atom. The van der Waals surface area contributed by atoms with Gasteiger partial charge in [-0.05, 0) is 0 Å². The summed E-state index contributed by atoms with van der Waals surface area (Å²) < 4.78 is 36.2. The average molecular weight is 350 g/mol. The molecule has 0 spiro atoms. The van der Waals surface area contributed by atoms with Crippen LogP contribution in [0.15, 0.2) is 60.7 Å². The fourth-order valence-corrected chi connectivity index (χ4v) is 5.86. The molecule has 0 unspecified atom stereocenters. The van der Waals surface area contributed by atoms with Crippen LogP contribution in [0.3, 0.4) is 0 Å². The van der Waals surface area contributed by atoms with Crippen molar-refractivity contribution in [3.8, 4) is 0 Å². The Hall–Kier alpha value is -1.04. The molecule has 2 rings (SSSR count). The van der Waals surface area contributed by atoms with Crippen molar-refractivity contribution in [1.82, 2.24) is 0 Å². The van der Waals surface area contributed by atoms with Gasteiger partial charge < -0.3 is 0 Å². The molecule has 0 bridgehead atoms. The monoisotopic (exact) mass is 350 g/mol. The third-order valence-electron chi connectivity index (χ3n) is 2.12. The molecule has 2 aromatic rings. The summed E-state index contributed by atoms with van der Waals surface area (Å²) in [5, 5.41) is 0. The zero-order valence-electron chi connectivity index (χ0n) is 8.79. The maximum atomic E-state index is 13.2. The van der Waals surface area contributed by atoms with Crippen LogP contribution in [0.2, 0.25) is 0 Å². The van der Waals surface area contributed by atoms with Crippen molar-refractivity contribution in [2.24, 2.45) is 0 Å². The predicted molar refractivity (Wildman–Crippen MR) is 70.4 cm³/mol. The van der Waals surface area contributed by atoms with Crippen molar-refractivity contribution in [2.45, 2.75) is 4.18 Å². The number of halogens is 4. The van der Waals surface area contributed by atoms with Gasteiger partial charge in [0.25, 0.3) is 0 Å². The van der Waals surface area contributed by atoms with Crippen molar-refractivity contribution in [3.05, 3.63) is 67.8 Å². The van der Waals surface area contributed by atoms with Crippen molar-refractivity contribution in [3.63, 3.8) is 0 Å². The summed E-state index contributed by atoms with van der Waals surface area (Å²) in [5.41, 5.74) is 0. The first-order chi connectivity index (χ1) is 8.09. The predicted octanol–water partition coefficient (Wildman–Crippen LogP) is 4.75. The fraction of sp³-hybridized carbons (Fsp3) is 0.0769. The van der Waals surface area contributed by atoms with Gasteiger partial charge in [-0.1, -0.05) is 0 Å². The minimum atomic E-state index is -4.12. The van der Waals surface area contributed by atoms with E-state index in [4.69, 9.17) is 0 Å². The Balaban J connectivity index is 2.48. The molecule has 0 N–H and O–H groups in total. The summed E-state index contributed by atoms with van der Waals surface area (Å²) in [7, 11) is 0. The molecule has 0 aliphatic carbocycles. The summed E-state index contributed by atoms with van der Waals surface area (Å²) in [4.78, 5) is 0. The SMILES string of the molecule is FC(F)(F)I(c1ccccc1)c1ccccc1. The van der Waals surface area contributed by atoms with Gasteiger partial charge in [-0.2, -0.15) is 0 Å². The Morgan fingerprint density at radius 3 is 1.29 bits per heavy atom. The molecule has 90 valence electrons. The van der Waals surface area contributed by atoms with Gasteiger partial charge in [0.1, 0.15) is 0 Å². The molecular formula is C13H10F3I. The van der Waals surface area contributed by atoms with E-state index >= 15 is 0 Å². The summed E-state index contributed by atoms with van der Waals surface area (Å²) in [6, 6.07) is 16.4. The molecule has 0 saturated carbocycles. The zero-order chi connectivity index (χ0) is 12.3. The van der Waals surface area contributed by atoms with E-state index in [1.807, 2.05) is 0 Å². The second-order valence-corrected chi connectivity index (χ2v) is 8.64. The topological polar surface area (TPSA) is 0 Å². The molecule has 0 aliphatic heterocycles. The number of hydrogen-bond acceptors (Lipinski definition) is 0. The van der Waals surface area contributed by atoms with Gasteiger partial charge in [0, 0.05) is 0 Å². The Morgan fingerprint density at radius 2 is 1.00 bits per heavy atom. The quantitative estimate of drug-likeness (QED) is 0.542. The van der Waals surface area contributed by atoms with E-state index in [0.717, 1.165) is 0 Å². The summed E-state index contributed by atoms with van der Waals surface area (Å²) in [6.45, 7) is 0. The molecule has 0 aliphatic rings. The minimum absolute atomic E-state index is 0.426.